The Labute approximate surface area is 154 Å². The second-order valence-corrected chi connectivity index (χ2v) is 7.48. The number of piperidine rings is 1. The van der Waals surface area contributed by atoms with Gasteiger partial charge in [0.1, 0.15) is 5.82 Å². The molecular formula is C20H27N5O. The second-order valence-electron chi connectivity index (χ2n) is 7.48. The van der Waals surface area contributed by atoms with Gasteiger partial charge in [-0.2, -0.15) is 0 Å². The number of likely N-dealkylation sites (tertiary alicyclic amines) is 1. The Balaban J connectivity index is 1.41. The Morgan fingerprint density at radius 1 is 1.12 bits per heavy atom. The van der Waals surface area contributed by atoms with E-state index in [1.165, 1.54) is 18.4 Å². The van der Waals surface area contributed by atoms with Gasteiger partial charge in [-0.3, -0.25) is 4.98 Å². The van der Waals surface area contributed by atoms with Crippen molar-refractivity contribution in [3.63, 3.8) is 0 Å². The van der Waals surface area contributed by atoms with Crippen molar-refractivity contribution >= 4 is 6.03 Å². The molecule has 0 radical (unpaired) electrons. The summed E-state index contributed by atoms with van der Waals surface area (Å²) in [6.45, 7) is 2.40. The van der Waals surface area contributed by atoms with Gasteiger partial charge in [0.15, 0.2) is 0 Å². The first-order valence-corrected chi connectivity index (χ1v) is 9.75. The molecule has 26 heavy (non-hydrogen) atoms. The van der Waals surface area contributed by atoms with Crippen LogP contribution in [0.2, 0.25) is 0 Å². The SMILES string of the molecule is O=C(NC1CCCC1)N1CCC[C@@H](c2nccn2Cc2ccncc2)C1. The number of imidazole rings is 1. The van der Waals surface area contributed by atoms with Gasteiger partial charge < -0.3 is 14.8 Å². The number of hydrogen-bond donors (Lipinski definition) is 1. The van der Waals surface area contributed by atoms with Crippen LogP contribution in [0.1, 0.15) is 55.8 Å². The summed E-state index contributed by atoms with van der Waals surface area (Å²) in [5.41, 5.74) is 1.21. The number of amides is 2. The van der Waals surface area contributed by atoms with Crippen molar-refractivity contribution in [2.24, 2.45) is 0 Å². The number of hydrogen-bond acceptors (Lipinski definition) is 3. The molecular weight excluding hydrogens is 326 g/mol. The lowest BCUT2D eigenvalue weighted by Crippen LogP contribution is -2.47. The van der Waals surface area contributed by atoms with E-state index < -0.39 is 0 Å². The van der Waals surface area contributed by atoms with Gasteiger partial charge in [0.2, 0.25) is 0 Å². The highest BCUT2D eigenvalue weighted by Crippen LogP contribution is 2.27. The fourth-order valence-corrected chi connectivity index (χ4v) is 4.21. The number of nitrogens with zero attached hydrogens (tertiary/aromatic N) is 4. The second kappa shape index (κ2) is 7.89. The van der Waals surface area contributed by atoms with Crippen molar-refractivity contribution in [1.29, 1.82) is 0 Å². The minimum atomic E-state index is 0.105. The lowest BCUT2D eigenvalue weighted by Gasteiger charge is -2.33. The van der Waals surface area contributed by atoms with Crippen LogP contribution in [-0.2, 0) is 6.54 Å². The van der Waals surface area contributed by atoms with Crippen molar-refractivity contribution in [2.45, 2.75) is 57.0 Å². The average Bonchev–Trinajstić information content (AvgIpc) is 3.35. The molecule has 2 aliphatic rings. The minimum Gasteiger partial charge on any atom is -0.335 e. The van der Waals surface area contributed by atoms with Crippen molar-refractivity contribution in [2.75, 3.05) is 13.1 Å². The van der Waals surface area contributed by atoms with Crippen LogP contribution in [0.3, 0.4) is 0 Å². The van der Waals surface area contributed by atoms with Crippen LogP contribution in [0.15, 0.2) is 36.9 Å². The van der Waals surface area contributed by atoms with Gasteiger partial charge in [0.05, 0.1) is 0 Å². The zero-order chi connectivity index (χ0) is 17.8. The monoisotopic (exact) mass is 353 g/mol. The molecule has 2 aromatic rings. The summed E-state index contributed by atoms with van der Waals surface area (Å²) in [4.78, 5) is 23.3. The number of urea groups is 1. The van der Waals surface area contributed by atoms with Gasteiger partial charge in [0, 0.05) is 56.4 Å². The van der Waals surface area contributed by atoms with Crippen LogP contribution in [0.25, 0.3) is 0 Å². The minimum absolute atomic E-state index is 0.105. The van der Waals surface area contributed by atoms with Crippen molar-refractivity contribution in [1.82, 2.24) is 24.8 Å². The van der Waals surface area contributed by atoms with Crippen molar-refractivity contribution in [3.05, 3.63) is 48.3 Å². The maximum Gasteiger partial charge on any atom is 0.317 e. The molecule has 3 heterocycles. The highest BCUT2D eigenvalue weighted by Gasteiger charge is 2.29. The smallest absolute Gasteiger partial charge is 0.317 e. The van der Waals surface area contributed by atoms with E-state index in [4.69, 9.17) is 0 Å². The summed E-state index contributed by atoms with van der Waals surface area (Å²) in [7, 11) is 0. The Hall–Kier alpha value is -2.37. The molecule has 0 unspecified atom stereocenters. The summed E-state index contributed by atoms with van der Waals surface area (Å²) in [6.07, 6.45) is 14.4. The molecule has 0 aromatic carbocycles. The van der Waals surface area contributed by atoms with Crippen LogP contribution in [0, 0.1) is 0 Å². The Bertz CT molecular complexity index is 723. The maximum absolute atomic E-state index is 12.6. The largest absolute Gasteiger partial charge is 0.335 e. The topological polar surface area (TPSA) is 63.1 Å². The van der Waals surface area contributed by atoms with Gasteiger partial charge >= 0.3 is 6.03 Å². The van der Waals surface area contributed by atoms with E-state index in [1.54, 1.807) is 0 Å². The standard InChI is InChI=1S/C20H27N5O/c26-20(23-18-5-1-2-6-18)25-12-3-4-17(15-25)19-22-11-13-24(19)14-16-7-9-21-10-8-16/h7-11,13,17-18H,1-6,12,14-15H2,(H,23,26)/t17-/m1/s1. The first-order chi connectivity index (χ1) is 12.8. The summed E-state index contributed by atoms with van der Waals surface area (Å²) in [5, 5.41) is 3.22. The molecule has 138 valence electrons. The van der Waals surface area contributed by atoms with Gasteiger partial charge in [0.25, 0.3) is 0 Å². The Morgan fingerprint density at radius 3 is 2.73 bits per heavy atom. The third-order valence-corrected chi connectivity index (χ3v) is 5.61. The lowest BCUT2D eigenvalue weighted by atomic mass is 9.97. The predicted octanol–water partition coefficient (Wildman–Crippen LogP) is 3.16. The molecule has 0 bridgehead atoms. The van der Waals surface area contributed by atoms with E-state index in [0.717, 1.165) is 51.1 Å². The van der Waals surface area contributed by atoms with Gasteiger partial charge in [-0.15, -0.1) is 0 Å². The normalized spacial score (nSPS) is 21.1. The molecule has 2 aromatic heterocycles. The molecule has 1 aliphatic carbocycles. The van der Waals surface area contributed by atoms with Crippen LogP contribution in [0.5, 0.6) is 0 Å². The van der Waals surface area contributed by atoms with Gasteiger partial charge in [-0.1, -0.05) is 12.8 Å². The van der Waals surface area contributed by atoms with E-state index in [0.29, 0.717) is 12.0 Å². The van der Waals surface area contributed by atoms with Crippen molar-refractivity contribution < 1.29 is 4.79 Å². The van der Waals surface area contributed by atoms with Crippen LogP contribution < -0.4 is 5.32 Å². The van der Waals surface area contributed by atoms with Gasteiger partial charge in [-0.05, 0) is 43.4 Å². The number of pyridine rings is 1. The van der Waals surface area contributed by atoms with E-state index >= 15 is 0 Å². The molecule has 2 amide bonds. The molecule has 0 spiro atoms. The zero-order valence-corrected chi connectivity index (χ0v) is 15.2. The lowest BCUT2D eigenvalue weighted by molar-refractivity contribution is 0.174. The third-order valence-electron chi connectivity index (χ3n) is 5.61. The molecule has 1 N–H and O–H groups in total. The summed E-state index contributed by atoms with van der Waals surface area (Å²) in [6, 6.07) is 4.54. The number of aromatic nitrogens is 3. The molecule has 6 nitrogen and oxygen atoms in total. The van der Waals surface area contributed by atoms with E-state index in [9.17, 15) is 4.79 Å². The first kappa shape index (κ1) is 17.1. The Morgan fingerprint density at radius 2 is 1.92 bits per heavy atom. The highest BCUT2D eigenvalue weighted by molar-refractivity contribution is 5.74. The zero-order valence-electron chi connectivity index (χ0n) is 15.2. The third kappa shape index (κ3) is 3.89. The molecule has 1 atom stereocenters. The molecule has 2 fully saturated rings. The van der Waals surface area contributed by atoms with Crippen LogP contribution >= 0.6 is 0 Å². The predicted molar refractivity (Wildman–Crippen MR) is 99.9 cm³/mol. The fraction of sp³-hybridized carbons (Fsp3) is 0.550. The van der Waals surface area contributed by atoms with E-state index in [1.807, 2.05) is 41.8 Å². The maximum atomic E-state index is 12.6. The molecule has 1 saturated carbocycles. The summed E-state index contributed by atoms with van der Waals surface area (Å²) in [5.74, 6) is 1.38. The number of rotatable bonds is 4. The number of nitrogens with one attached hydrogen (secondary N) is 1. The Kier molecular flexibility index (Phi) is 5.18. The van der Waals surface area contributed by atoms with Crippen LogP contribution in [0.4, 0.5) is 4.79 Å². The van der Waals surface area contributed by atoms with E-state index in [-0.39, 0.29) is 6.03 Å². The molecule has 6 heteroatoms. The highest BCUT2D eigenvalue weighted by atomic mass is 16.2. The van der Waals surface area contributed by atoms with Gasteiger partial charge in [-0.25, -0.2) is 9.78 Å². The molecule has 1 saturated heterocycles. The van der Waals surface area contributed by atoms with Crippen LogP contribution in [-0.4, -0.2) is 44.6 Å². The summed E-state index contributed by atoms with van der Waals surface area (Å²) < 4.78 is 2.21. The fourth-order valence-electron chi connectivity index (χ4n) is 4.21. The van der Waals surface area contributed by atoms with Crippen molar-refractivity contribution in [3.8, 4) is 0 Å². The molecule has 4 rings (SSSR count). The average molecular weight is 353 g/mol. The molecule has 1 aliphatic heterocycles. The first-order valence-electron chi connectivity index (χ1n) is 9.75. The number of carbonyl (C=O) groups excluding carboxylic acids is 1. The number of carbonyl (C=O) groups is 1. The van der Waals surface area contributed by atoms with E-state index in [2.05, 4.69) is 19.9 Å². The quantitative estimate of drug-likeness (QED) is 0.918. The summed E-state index contributed by atoms with van der Waals surface area (Å²) >= 11 is 0.